The molecule has 0 aromatic carbocycles. The summed E-state index contributed by atoms with van der Waals surface area (Å²) in [6.45, 7) is 2.05. The van der Waals surface area contributed by atoms with Gasteiger partial charge in [-0.25, -0.2) is 14.1 Å². The van der Waals surface area contributed by atoms with Crippen LogP contribution in [0, 0.1) is 0 Å². The van der Waals surface area contributed by atoms with Crippen molar-refractivity contribution in [3.05, 3.63) is 70.4 Å². The van der Waals surface area contributed by atoms with Crippen LogP contribution in [0.25, 0.3) is 11.0 Å². The number of aromatic carboxylic acids is 1. The Bertz CT molecular complexity index is 1240. The number of aromatic amines is 1. The van der Waals surface area contributed by atoms with E-state index in [-0.39, 0.29) is 35.3 Å². The maximum atomic E-state index is 11.5. The third-order valence-electron chi connectivity index (χ3n) is 4.00. The van der Waals surface area contributed by atoms with Crippen LogP contribution in [0.3, 0.4) is 0 Å². The van der Waals surface area contributed by atoms with Crippen molar-refractivity contribution >= 4 is 23.0 Å². The van der Waals surface area contributed by atoms with E-state index in [1.165, 1.54) is 36.2 Å². The molecule has 158 valence electrons. The van der Waals surface area contributed by atoms with Gasteiger partial charge in [0.1, 0.15) is 16.9 Å². The van der Waals surface area contributed by atoms with Gasteiger partial charge >= 0.3 is 30.8 Å². The van der Waals surface area contributed by atoms with Crippen LogP contribution in [0.15, 0.2) is 53.8 Å². The van der Waals surface area contributed by atoms with Crippen LogP contribution < -0.4 is 29.0 Å². The number of nitrogens with zero attached hydrogens (tertiary/aromatic N) is 3. The number of pyridine rings is 2. The van der Waals surface area contributed by atoms with Crippen LogP contribution in [0.4, 0.5) is 0 Å². The number of carboxylic acids is 1. The number of nitrogens with one attached hydrogen (secondary N) is 1. The topological polar surface area (TPSA) is 157 Å². The first kappa shape index (κ1) is 25.5. The van der Waals surface area contributed by atoms with E-state index in [4.69, 9.17) is 14.6 Å². The molecule has 4 rings (SSSR count). The molecule has 4 heterocycles. The summed E-state index contributed by atoms with van der Waals surface area (Å²) in [5, 5.41) is 15.6. The Kier molecular flexibility index (Phi) is 9.08. The summed E-state index contributed by atoms with van der Waals surface area (Å²) in [6, 6.07) is 6.16. The molecule has 4 aromatic heterocycles. The summed E-state index contributed by atoms with van der Waals surface area (Å²) < 4.78 is 12.9. The molecule has 12 heteroatoms. The van der Waals surface area contributed by atoms with E-state index >= 15 is 0 Å². The Morgan fingerprint density at radius 1 is 1.16 bits per heavy atom. The van der Waals surface area contributed by atoms with Gasteiger partial charge in [0.25, 0.3) is 0 Å². The Hall–Kier alpha value is -3.52. The van der Waals surface area contributed by atoms with Crippen LogP contribution in [0.2, 0.25) is 0 Å². The zero-order chi connectivity index (χ0) is 21.0. The second kappa shape index (κ2) is 11.0. The number of rotatable bonds is 4. The third kappa shape index (κ3) is 5.55. The monoisotopic (exact) mass is 422 g/mol. The van der Waals surface area contributed by atoms with Gasteiger partial charge < -0.3 is 25.2 Å². The number of hydrogen-bond donors (Lipinski definition) is 2. The number of carboxylic acid groups (broad SMARTS) is 1. The molecule has 0 aliphatic carbocycles. The predicted octanol–water partition coefficient (Wildman–Crippen LogP) is -1.33. The van der Waals surface area contributed by atoms with Gasteiger partial charge in [-0.1, -0.05) is 0 Å². The predicted molar refractivity (Wildman–Crippen MR) is 105 cm³/mol. The van der Waals surface area contributed by atoms with Crippen molar-refractivity contribution in [1.82, 2.24) is 19.2 Å². The first-order valence-corrected chi connectivity index (χ1v) is 8.56. The fraction of sp³-hybridized carbons (Fsp3) is 0.158. The van der Waals surface area contributed by atoms with E-state index in [0.29, 0.717) is 29.0 Å². The molecule has 0 bridgehead atoms. The number of carbonyl (C=O) groups is 2. The van der Waals surface area contributed by atoms with Crippen molar-refractivity contribution in [1.29, 1.82) is 0 Å². The van der Waals surface area contributed by atoms with E-state index in [9.17, 15) is 14.4 Å². The van der Waals surface area contributed by atoms with Crippen molar-refractivity contribution in [2.45, 2.75) is 6.92 Å². The first-order valence-electron chi connectivity index (χ1n) is 8.56. The summed E-state index contributed by atoms with van der Waals surface area (Å²) in [4.78, 5) is 33.4. The maximum absolute atomic E-state index is 11.5. The van der Waals surface area contributed by atoms with Gasteiger partial charge in [-0.05, 0) is 13.0 Å². The molecule has 0 saturated heterocycles. The number of methoxy groups -OCH3 is 1. The molecule has 0 amide bonds. The molecular formula is C19H19LiN4O7. The van der Waals surface area contributed by atoms with Gasteiger partial charge in [-0.3, -0.25) is 9.31 Å². The van der Waals surface area contributed by atoms with Crippen molar-refractivity contribution in [2.75, 3.05) is 13.7 Å². The molecule has 3 N–H and O–H groups in total. The van der Waals surface area contributed by atoms with Gasteiger partial charge in [0.15, 0.2) is 5.43 Å². The summed E-state index contributed by atoms with van der Waals surface area (Å²) in [6.07, 6.45) is 6.06. The van der Waals surface area contributed by atoms with Gasteiger partial charge in [0.05, 0.1) is 30.9 Å². The molecule has 0 radical (unpaired) electrons. The number of fused-ring (bicyclic) bond motifs is 2. The average molecular weight is 422 g/mol. The zero-order valence-electron chi connectivity index (χ0n) is 17.1. The van der Waals surface area contributed by atoms with Gasteiger partial charge in [-0.2, -0.15) is 5.10 Å². The second-order valence-electron chi connectivity index (χ2n) is 5.79. The Morgan fingerprint density at radius 3 is 2.55 bits per heavy atom. The fourth-order valence-corrected chi connectivity index (χ4v) is 2.63. The molecule has 0 spiro atoms. The van der Waals surface area contributed by atoms with Crippen molar-refractivity contribution in [2.24, 2.45) is 0 Å². The minimum Gasteiger partial charge on any atom is -0.870 e. The molecule has 4 aromatic rings. The Morgan fingerprint density at radius 2 is 1.90 bits per heavy atom. The van der Waals surface area contributed by atoms with Crippen LogP contribution in [-0.2, 0) is 4.74 Å². The normalized spacial score (nSPS) is 9.74. The molecule has 0 saturated carbocycles. The number of hydrogen-bond acceptors (Lipinski definition) is 7. The zero-order valence-corrected chi connectivity index (χ0v) is 17.1. The molecule has 0 fully saturated rings. The molecule has 0 aliphatic heterocycles. The summed E-state index contributed by atoms with van der Waals surface area (Å²) in [5.41, 5.74) is 1.45. The summed E-state index contributed by atoms with van der Waals surface area (Å²) in [7, 11) is 1.53. The molecule has 11 nitrogen and oxygen atoms in total. The maximum Gasteiger partial charge on any atom is 1.00 e. The van der Waals surface area contributed by atoms with Crippen LogP contribution in [-0.4, -0.2) is 55.5 Å². The van der Waals surface area contributed by atoms with E-state index in [2.05, 4.69) is 10.2 Å². The molecule has 0 unspecified atom stereocenters. The number of carbonyl (C=O) groups excluding carboxylic acids is 1. The van der Waals surface area contributed by atoms with Crippen molar-refractivity contribution < 1.29 is 48.5 Å². The van der Waals surface area contributed by atoms with Crippen LogP contribution in [0.1, 0.15) is 27.6 Å². The van der Waals surface area contributed by atoms with Gasteiger partial charge in [0, 0.05) is 36.8 Å². The number of ether oxygens (including phenoxy) is 2. The quantitative estimate of drug-likeness (QED) is 0.303. The largest absolute Gasteiger partial charge is 1.00 e. The number of aromatic nitrogens is 4. The minimum absolute atomic E-state index is 0. The van der Waals surface area contributed by atoms with Crippen molar-refractivity contribution in [3.63, 3.8) is 0 Å². The second-order valence-corrected chi connectivity index (χ2v) is 5.79. The summed E-state index contributed by atoms with van der Waals surface area (Å²) >= 11 is 0. The number of H-pyrrole nitrogens is 1. The van der Waals surface area contributed by atoms with E-state index in [1.54, 1.807) is 36.0 Å². The smallest absolute Gasteiger partial charge is 0.870 e. The molecular weight excluding hydrogens is 403 g/mol. The number of esters is 1. The average Bonchev–Trinajstić information content (AvgIpc) is 3.31. The van der Waals surface area contributed by atoms with E-state index in [1.807, 2.05) is 0 Å². The fourth-order valence-electron chi connectivity index (χ4n) is 2.63. The molecule has 0 atom stereocenters. The third-order valence-corrected chi connectivity index (χ3v) is 4.00. The SMILES string of the molecule is CCOC(=O)c1c[nH]n2ccc(=O)cc12.COc1ccn2ncc(C(=O)O)c2c1.[Li+].[OH-]. The Labute approximate surface area is 187 Å². The molecule has 0 aliphatic rings. The van der Waals surface area contributed by atoms with Crippen LogP contribution >= 0.6 is 0 Å². The van der Waals surface area contributed by atoms with E-state index < -0.39 is 11.9 Å². The molecule has 31 heavy (non-hydrogen) atoms. The van der Waals surface area contributed by atoms with E-state index in [0.717, 1.165) is 0 Å². The summed E-state index contributed by atoms with van der Waals surface area (Å²) in [5.74, 6) is -0.810. The first-order chi connectivity index (χ1) is 13.9. The van der Waals surface area contributed by atoms with Crippen LogP contribution in [0.5, 0.6) is 5.75 Å². The van der Waals surface area contributed by atoms with Gasteiger partial charge in [-0.15, -0.1) is 0 Å². The van der Waals surface area contributed by atoms with Crippen molar-refractivity contribution in [3.8, 4) is 5.75 Å². The van der Waals surface area contributed by atoms with Gasteiger partial charge in [0.2, 0.25) is 0 Å². The Balaban J connectivity index is 0.000000292. The minimum atomic E-state index is -0.992. The standard InChI is InChI=1S/C10H10N2O3.C9H8N2O3.Li.H2O/c1-2-15-10(14)8-6-11-12-4-3-7(13)5-9(8)12;1-14-6-2-3-11-8(4-6)7(5-10-11)9(12)13;;/h3-6,11H,2H2,1H3;2-5H,1H3,(H,12,13);;1H2/q;;+1;/p-1.